The van der Waals surface area contributed by atoms with E-state index in [1.165, 1.54) is 0 Å². The summed E-state index contributed by atoms with van der Waals surface area (Å²) in [6.07, 6.45) is 1.64. The Labute approximate surface area is 102 Å². The SMILES string of the molecule is Cc1ccnc(OCCOC(C)(C)C)c1C#N. The van der Waals surface area contributed by atoms with Gasteiger partial charge in [-0.15, -0.1) is 0 Å². The fraction of sp³-hybridized carbons (Fsp3) is 0.538. The zero-order chi connectivity index (χ0) is 12.9. The van der Waals surface area contributed by atoms with Gasteiger partial charge in [-0.1, -0.05) is 0 Å². The lowest BCUT2D eigenvalue weighted by molar-refractivity contribution is -0.0168. The molecule has 0 radical (unpaired) electrons. The number of rotatable bonds is 4. The molecule has 0 spiro atoms. The second-order valence-electron chi connectivity index (χ2n) is 4.73. The van der Waals surface area contributed by atoms with E-state index in [1.54, 1.807) is 12.3 Å². The molecule has 0 amide bonds. The third kappa shape index (κ3) is 4.41. The smallest absolute Gasteiger partial charge is 0.231 e. The Hall–Kier alpha value is -1.60. The first-order valence-electron chi connectivity index (χ1n) is 5.56. The highest BCUT2D eigenvalue weighted by Gasteiger charge is 2.11. The van der Waals surface area contributed by atoms with Gasteiger partial charge in [0, 0.05) is 6.20 Å². The molecule has 1 aromatic rings. The van der Waals surface area contributed by atoms with Crippen LogP contribution in [0.5, 0.6) is 5.88 Å². The average molecular weight is 234 g/mol. The van der Waals surface area contributed by atoms with E-state index in [0.717, 1.165) is 5.56 Å². The molecule has 0 aliphatic carbocycles. The Morgan fingerprint density at radius 2 is 2.06 bits per heavy atom. The molecule has 0 N–H and O–H groups in total. The Bertz CT molecular complexity index is 416. The van der Waals surface area contributed by atoms with Crippen LogP contribution >= 0.6 is 0 Å². The third-order valence-electron chi connectivity index (χ3n) is 2.09. The van der Waals surface area contributed by atoms with Gasteiger partial charge in [-0.05, 0) is 39.3 Å². The van der Waals surface area contributed by atoms with Crippen LogP contribution in [0.25, 0.3) is 0 Å². The Kier molecular flexibility index (Phi) is 4.47. The van der Waals surface area contributed by atoms with Crippen LogP contribution in [0, 0.1) is 18.3 Å². The molecule has 1 aromatic heterocycles. The lowest BCUT2D eigenvalue weighted by atomic mass is 10.2. The van der Waals surface area contributed by atoms with Gasteiger partial charge in [0.2, 0.25) is 5.88 Å². The van der Waals surface area contributed by atoms with Crippen molar-refractivity contribution < 1.29 is 9.47 Å². The molecule has 0 aliphatic heterocycles. The molecule has 4 nitrogen and oxygen atoms in total. The molecular weight excluding hydrogens is 216 g/mol. The molecule has 0 atom stereocenters. The monoisotopic (exact) mass is 234 g/mol. The van der Waals surface area contributed by atoms with Crippen LogP contribution in [0.15, 0.2) is 12.3 Å². The molecule has 0 aliphatic rings. The molecule has 1 heterocycles. The van der Waals surface area contributed by atoms with Gasteiger partial charge in [-0.25, -0.2) is 4.98 Å². The van der Waals surface area contributed by atoms with E-state index in [0.29, 0.717) is 24.7 Å². The normalized spacial score (nSPS) is 11.0. The van der Waals surface area contributed by atoms with Crippen molar-refractivity contribution in [2.45, 2.75) is 33.3 Å². The van der Waals surface area contributed by atoms with E-state index < -0.39 is 0 Å². The number of hydrogen-bond acceptors (Lipinski definition) is 4. The summed E-state index contributed by atoms with van der Waals surface area (Å²) < 4.78 is 11.0. The lowest BCUT2D eigenvalue weighted by Gasteiger charge is -2.19. The van der Waals surface area contributed by atoms with Gasteiger partial charge in [0.05, 0.1) is 12.2 Å². The van der Waals surface area contributed by atoms with Crippen LogP contribution < -0.4 is 4.74 Å². The van der Waals surface area contributed by atoms with Crippen LogP contribution in [-0.2, 0) is 4.74 Å². The van der Waals surface area contributed by atoms with Crippen molar-refractivity contribution in [1.82, 2.24) is 4.98 Å². The van der Waals surface area contributed by atoms with E-state index in [1.807, 2.05) is 27.7 Å². The first-order chi connectivity index (χ1) is 7.94. The summed E-state index contributed by atoms with van der Waals surface area (Å²) in [6, 6.07) is 3.88. The first-order valence-corrected chi connectivity index (χ1v) is 5.56. The zero-order valence-corrected chi connectivity index (χ0v) is 10.8. The van der Waals surface area contributed by atoms with Gasteiger partial charge >= 0.3 is 0 Å². The van der Waals surface area contributed by atoms with Gasteiger partial charge in [0.1, 0.15) is 18.2 Å². The molecule has 0 saturated carbocycles. The Morgan fingerprint density at radius 3 is 2.65 bits per heavy atom. The number of aromatic nitrogens is 1. The summed E-state index contributed by atoms with van der Waals surface area (Å²) in [5.74, 6) is 0.380. The van der Waals surface area contributed by atoms with Gasteiger partial charge in [-0.3, -0.25) is 0 Å². The number of hydrogen-bond donors (Lipinski definition) is 0. The largest absolute Gasteiger partial charge is 0.474 e. The topological polar surface area (TPSA) is 55.1 Å². The maximum absolute atomic E-state index is 8.98. The number of nitriles is 1. The fourth-order valence-electron chi connectivity index (χ4n) is 1.26. The van der Waals surface area contributed by atoms with Crippen molar-refractivity contribution in [2.75, 3.05) is 13.2 Å². The molecule has 92 valence electrons. The maximum atomic E-state index is 8.98. The molecular formula is C13H18N2O2. The average Bonchev–Trinajstić information content (AvgIpc) is 2.23. The minimum atomic E-state index is -0.179. The minimum Gasteiger partial charge on any atom is -0.474 e. The van der Waals surface area contributed by atoms with Gasteiger partial charge < -0.3 is 9.47 Å². The van der Waals surface area contributed by atoms with E-state index >= 15 is 0 Å². The molecule has 17 heavy (non-hydrogen) atoms. The molecule has 0 fully saturated rings. The summed E-state index contributed by atoms with van der Waals surface area (Å²) in [5.41, 5.74) is 1.18. The fourth-order valence-corrected chi connectivity index (χ4v) is 1.26. The van der Waals surface area contributed by atoms with Crippen molar-refractivity contribution >= 4 is 0 Å². The highest BCUT2D eigenvalue weighted by atomic mass is 16.5. The van der Waals surface area contributed by atoms with Crippen LogP contribution in [0.4, 0.5) is 0 Å². The van der Waals surface area contributed by atoms with Crippen LogP contribution in [0.1, 0.15) is 31.9 Å². The number of nitrogens with zero attached hydrogens (tertiary/aromatic N) is 2. The minimum absolute atomic E-state index is 0.179. The molecule has 1 rings (SSSR count). The lowest BCUT2D eigenvalue weighted by Crippen LogP contribution is -2.22. The van der Waals surface area contributed by atoms with Crippen molar-refractivity contribution in [3.8, 4) is 11.9 Å². The summed E-state index contributed by atoms with van der Waals surface area (Å²) >= 11 is 0. The van der Waals surface area contributed by atoms with Crippen molar-refractivity contribution in [1.29, 1.82) is 5.26 Å². The van der Waals surface area contributed by atoms with E-state index in [-0.39, 0.29) is 5.60 Å². The zero-order valence-electron chi connectivity index (χ0n) is 10.8. The summed E-state index contributed by atoms with van der Waals surface area (Å²) in [6.45, 7) is 8.68. The molecule has 0 saturated heterocycles. The highest BCUT2D eigenvalue weighted by Crippen LogP contribution is 2.17. The summed E-state index contributed by atoms with van der Waals surface area (Å²) in [7, 11) is 0. The van der Waals surface area contributed by atoms with Crippen molar-refractivity contribution in [2.24, 2.45) is 0 Å². The Balaban J connectivity index is 2.53. The van der Waals surface area contributed by atoms with Gasteiger partial charge in [0.15, 0.2) is 0 Å². The summed E-state index contributed by atoms with van der Waals surface area (Å²) in [5, 5.41) is 8.98. The predicted octanol–water partition coefficient (Wildman–Crippen LogP) is 2.46. The third-order valence-corrected chi connectivity index (χ3v) is 2.09. The molecule has 0 unspecified atom stereocenters. The van der Waals surface area contributed by atoms with Crippen molar-refractivity contribution in [3.05, 3.63) is 23.4 Å². The molecule has 0 aromatic carbocycles. The second-order valence-corrected chi connectivity index (χ2v) is 4.73. The van der Waals surface area contributed by atoms with E-state index in [4.69, 9.17) is 14.7 Å². The highest BCUT2D eigenvalue weighted by molar-refractivity contribution is 5.43. The number of aryl methyl sites for hydroxylation is 1. The standard InChI is InChI=1S/C13H18N2O2/c1-10-5-6-15-12(11(10)9-14)16-7-8-17-13(2,3)4/h5-6H,7-8H2,1-4H3. The quantitative estimate of drug-likeness (QED) is 0.751. The van der Waals surface area contributed by atoms with Gasteiger partial charge in [0.25, 0.3) is 0 Å². The maximum Gasteiger partial charge on any atom is 0.231 e. The second kappa shape index (κ2) is 5.65. The van der Waals surface area contributed by atoms with E-state index in [9.17, 15) is 0 Å². The summed E-state index contributed by atoms with van der Waals surface area (Å²) in [4.78, 5) is 4.04. The van der Waals surface area contributed by atoms with Gasteiger partial charge in [-0.2, -0.15) is 5.26 Å². The van der Waals surface area contributed by atoms with Crippen LogP contribution in [-0.4, -0.2) is 23.8 Å². The Morgan fingerprint density at radius 1 is 1.35 bits per heavy atom. The first kappa shape index (κ1) is 13.5. The number of ether oxygens (including phenoxy) is 2. The number of pyridine rings is 1. The van der Waals surface area contributed by atoms with Crippen LogP contribution in [0.3, 0.4) is 0 Å². The van der Waals surface area contributed by atoms with E-state index in [2.05, 4.69) is 11.1 Å². The van der Waals surface area contributed by atoms with Crippen LogP contribution in [0.2, 0.25) is 0 Å². The molecule has 0 bridgehead atoms. The predicted molar refractivity (Wildman–Crippen MR) is 64.9 cm³/mol. The van der Waals surface area contributed by atoms with Crippen molar-refractivity contribution in [3.63, 3.8) is 0 Å². The molecule has 4 heteroatoms.